The van der Waals surface area contributed by atoms with E-state index >= 15 is 0 Å². The van der Waals surface area contributed by atoms with Gasteiger partial charge in [-0.05, 0) is 30.5 Å². The number of carbonyl (C=O) groups excluding carboxylic acids is 2. The van der Waals surface area contributed by atoms with Crippen LogP contribution in [-0.2, 0) is 16.1 Å². The van der Waals surface area contributed by atoms with Crippen molar-refractivity contribution in [2.24, 2.45) is 5.92 Å². The summed E-state index contributed by atoms with van der Waals surface area (Å²) in [5.41, 5.74) is 2.20. The highest BCUT2D eigenvalue weighted by Crippen LogP contribution is 2.34. The molecule has 25 heavy (non-hydrogen) atoms. The van der Waals surface area contributed by atoms with Crippen LogP contribution in [0.25, 0.3) is 0 Å². The molecule has 2 fully saturated rings. The first-order chi connectivity index (χ1) is 12.2. The minimum Gasteiger partial charge on any atom is -0.363 e. The number of carbonyl (C=O) groups is 2. The van der Waals surface area contributed by atoms with Crippen molar-refractivity contribution in [1.82, 2.24) is 14.8 Å². The number of aromatic amines is 1. The zero-order chi connectivity index (χ0) is 17.2. The second-order valence-corrected chi connectivity index (χ2v) is 6.98. The smallest absolute Gasteiger partial charge is 0.228 e. The average Bonchev–Trinajstić information content (AvgIpc) is 3.36. The third-order valence-corrected chi connectivity index (χ3v) is 5.30. The lowest BCUT2D eigenvalue weighted by atomic mass is 10.1. The predicted molar refractivity (Wildman–Crippen MR) is 94.4 cm³/mol. The molecule has 5 heteroatoms. The molecule has 1 N–H and O–H groups in total. The number of hydrogen-bond acceptors (Lipinski definition) is 2. The van der Waals surface area contributed by atoms with E-state index in [0.29, 0.717) is 19.5 Å². The van der Waals surface area contributed by atoms with Crippen molar-refractivity contribution < 1.29 is 9.59 Å². The molecule has 0 radical (unpaired) electrons. The van der Waals surface area contributed by atoms with Gasteiger partial charge in [0.05, 0.1) is 12.0 Å². The third kappa shape index (κ3) is 3.18. The minimum atomic E-state index is -0.216. The number of amides is 2. The van der Waals surface area contributed by atoms with Crippen LogP contribution in [0.2, 0.25) is 0 Å². The van der Waals surface area contributed by atoms with E-state index in [9.17, 15) is 9.59 Å². The molecule has 2 amide bonds. The highest BCUT2D eigenvalue weighted by molar-refractivity contribution is 5.89. The van der Waals surface area contributed by atoms with Crippen molar-refractivity contribution in [2.45, 2.75) is 31.8 Å². The Morgan fingerprint density at radius 1 is 1.16 bits per heavy atom. The zero-order valence-corrected chi connectivity index (χ0v) is 14.2. The fourth-order valence-electron chi connectivity index (χ4n) is 4.03. The molecule has 2 aliphatic rings. The summed E-state index contributed by atoms with van der Waals surface area (Å²) in [4.78, 5) is 32.4. The van der Waals surface area contributed by atoms with E-state index in [4.69, 9.17) is 0 Å². The van der Waals surface area contributed by atoms with Crippen molar-refractivity contribution in [3.8, 4) is 0 Å². The summed E-state index contributed by atoms with van der Waals surface area (Å²) in [6.07, 6.45) is 4.24. The van der Waals surface area contributed by atoms with Crippen molar-refractivity contribution in [3.05, 3.63) is 59.9 Å². The number of rotatable bonds is 4. The van der Waals surface area contributed by atoms with Crippen LogP contribution in [0.4, 0.5) is 0 Å². The average molecular weight is 337 g/mol. The van der Waals surface area contributed by atoms with Gasteiger partial charge < -0.3 is 14.8 Å². The van der Waals surface area contributed by atoms with Gasteiger partial charge in [0.2, 0.25) is 11.8 Å². The maximum atomic E-state index is 13.0. The minimum absolute atomic E-state index is 0.0813. The summed E-state index contributed by atoms with van der Waals surface area (Å²) >= 11 is 0. The van der Waals surface area contributed by atoms with Crippen LogP contribution in [0, 0.1) is 5.92 Å². The van der Waals surface area contributed by atoms with E-state index < -0.39 is 0 Å². The maximum absolute atomic E-state index is 13.0. The fourth-order valence-corrected chi connectivity index (χ4v) is 4.03. The Morgan fingerprint density at radius 2 is 2.00 bits per heavy atom. The highest BCUT2D eigenvalue weighted by Gasteiger charge is 2.40. The van der Waals surface area contributed by atoms with Gasteiger partial charge >= 0.3 is 0 Å². The lowest BCUT2D eigenvalue weighted by Crippen LogP contribution is -2.37. The van der Waals surface area contributed by atoms with Gasteiger partial charge in [-0.2, -0.15) is 0 Å². The van der Waals surface area contributed by atoms with Gasteiger partial charge in [-0.1, -0.05) is 30.3 Å². The second kappa shape index (κ2) is 6.75. The molecule has 2 aromatic rings. The maximum Gasteiger partial charge on any atom is 0.228 e. The monoisotopic (exact) mass is 337 g/mol. The highest BCUT2D eigenvalue weighted by atomic mass is 16.2. The van der Waals surface area contributed by atoms with Gasteiger partial charge in [-0.25, -0.2) is 0 Å². The first-order valence-electron chi connectivity index (χ1n) is 8.98. The SMILES string of the molecule is O=C1C[C@H](C(=O)N2CCC[C@@H]2c2ccc[nH]2)CN1Cc1ccccc1. The number of aromatic nitrogens is 1. The van der Waals surface area contributed by atoms with Gasteiger partial charge in [0, 0.05) is 37.9 Å². The van der Waals surface area contributed by atoms with Gasteiger partial charge in [-0.15, -0.1) is 0 Å². The van der Waals surface area contributed by atoms with Gasteiger partial charge in [0.15, 0.2) is 0 Å². The molecule has 130 valence electrons. The summed E-state index contributed by atoms with van der Waals surface area (Å²) < 4.78 is 0. The van der Waals surface area contributed by atoms with E-state index in [0.717, 1.165) is 30.6 Å². The molecule has 1 aromatic carbocycles. The Bertz CT molecular complexity index is 742. The molecule has 2 saturated heterocycles. The number of benzene rings is 1. The van der Waals surface area contributed by atoms with Crippen LogP contribution >= 0.6 is 0 Å². The van der Waals surface area contributed by atoms with Crippen molar-refractivity contribution in [3.63, 3.8) is 0 Å². The van der Waals surface area contributed by atoms with Crippen molar-refractivity contribution in [2.75, 3.05) is 13.1 Å². The summed E-state index contributed by atoms with van der Waals surface area (Å²) in [5.74, 6) is -0.00869. The van der Waals surface area contributed by atoms with Gasteiger partial charge in [-0.3, -0.25) is 9.59 Å². The van der Waals surface area contributed by atoms with E-state index in [1.165, 1.54) is 0 Å². The molecular formula is C20H23N3O2. The Balaban J connectivity index is 1.43. The normalized spacial score (nSPS) is 23.4. The van der Waals surface area contributed by atoms with Gasteiger partial charge in [0.1, 0.15) is 0 Å². The van der Waals surface area contributed by atoms with E-state index in [1.54, 1.807) is 0 Å². The standard InChI is InChI=1S/C20H23N3O2/c24-19-12-16(14-22(19)13-15-6-2-1-3-7-15)20(25)23-11-5-9-18(23)17-8-4-10-21-17/h1-4,6-8,10,16,18,21H,5,9,11-14H2/t16-,18+/m0/s1. The van der Waals surface area contributed by atoms with Crippen LogP contribution in [0.15, 0.2) is 48.7 Å². The van der Waals surface area contributed by atoms with E-state index in [1.807, 2.05) is 58.5 Å². The Kier molecular flexibility index (Phi) is 4.30. The first-order valence-corrected chi connectivity index (χ1v) is 8.98. The molecule has 0 spiro atoms. The topological polar surface area (TPSA) is 56.4 Å². The number of likely N-dealkylation sites (tertiary alicyclic amines) is 2. The molecule has 4 rings (SSSR count). The molecule has 0 saturated carbocycles. The number of H-pyrrole nitrogens is 1. The molecule has 1 aromatic heterocycles. The van der Waals surface area contributed by atoms with E-state index in [-0.39, 0.29) is 23.8 Å². The summed E-state index contributed by atoms with van der Waals surface area (Å²) in [7, 11) is 0. The molecule has 2 aliphatic heterocycles. The van der Waals surface area contributed by atoms with Crippen LogP contribution in [0.5, 0.6) is 0 Å². The molecule has 0 bridgehead atoms. The fraction of sp³-hybridized carbons (Fsp3) is 0.400. The summed E-state index contributed by atoms with van der Waals surface area (Å²) in [6, 6.07) is 14.1. The molecule has 3 heterocycles. The lowest BCUT2D eigenvalue weighted by Gasteiger charge is -2.27. The molecule has 2 atom stereocenters. The third-order valence-electron chi connectivity index (χ3n) is 5.30. The zero-order valence-electron chi connectivity index (χ0n) is 14.2. The molecule has 0 aliphatic carbocycles. The summed E-state index contributed by atoms with van der Waals surface area (Å²) in [5, 5.41) is 0. The van der Waals surface area contributed by atoms with E-state index in [2.05, 4.69) is 4.98 Å². The number of nitrogens with zero attached hydrogens (tertiary/aromatic N) is 2. The summed E-state index contributed by atoms with van der Waals surface area (Å²) in [6.45, 7) is 1.90. The van der Waals surface area contributed by atoms with Crippen molar-refractivity contribution >= 4 is 11.8 Å². The number of nitrogens with one attached hydrogen (secondary N) is 1. The van der Waals surface area contributed by atoms with Crippen molar-refractivity contribution in [1.29, 1.82) is 0 Å². The Hall–Kier alpha value is -2.56. The molecule has 5 nitrogen and oxygen atoms in total. The van der Waals surface area contributed by atoms with Crippen LogP contribution in [0.3, 0.4) is 0 Å². The number of hydrogen-bond donors (Lipinski definition) is 1. The quantitative estimate of drug-likeness (QED) is 0.933. The Labute approximate surface area is 147 Å². The molecular weight excluding hydrogens is 314 g/mol. The molecule has 0 unspecified atom stereocenters. The largest absolute Gasteiger partial charge is 0.363 e. The first kappa shape index (κ1) is 15.9. The predicted octanol–water partition coefficient (Wildman–Crippen LogP) is 2.73. The Morgan fingerprint density at radius 3 is 2.76 bits per heavy atom. The van der Waals surface area contributed by atoms with Crippen LogP contribution in [-0.4, -0.2) is 39.7 Å². The van der Waals surface area contributed by atoms with Crippen LogP contribution < -0.4 is 0 Å². The van der Waals surface area contributed by atoms with Gasteiger partial charge in [0.25, 0.3) is 0 Å². The van der Waals surface area contributed by atoms with Crippen LogP contribution in [0.1, 0.15) is 36.6 Å². The lowest BCUT2D eigenvalue weighted by molar-refractivity contribution is -0.136. The second-order valence-electron chi connectivity index (χ2n) is 6.98.